The summed E-state index contributed by atoms with van der Waals surface area (Å²) in [5.74, 6) is 1.01. The van der Waals surface area contributed by atoms with Gasteiger partial charge in [0.1, 0.15) is 11.8 Å². The van der Waals surface area contributed by atoms with Crippen LogP contribution in [-0.2, 0) is 16.0 Å². The summed E-state index contributed by atoms with van der Waals surface area (Å²) in [6.45, 7) is 10.3. The van der Waals surface area contributed by atoms with E-state index in [9.17, 15) is 4.79 Å². The van der Waals surface area contributed by atoms with Gasteiger partial charge in [0.2, 0.25) is 0 Å². The monoisotopic (exact) mass is 431 g/mol. The van der Waals surface area contributed by atoms with Crippen LogP contribution in [0.1, 0.15) is 52.2 Å². The molecule has 5 heteroatoms. The number of hydrogen-bond acceptors (Lipinski definition) is 4. The standard InChI is InChI=1S/C16H22ClNO2.C9H12O/c1-12(15(19)9-10-20-16(2,3)4)18-11-13-5-7-14(17)8-6-13;1-3-8-4-6-9(10-2)7-5-8/h5-8,11-12H,9-10H2,1-4H3;4-7H,3H2,1-2H3/t12-;/m1./s1. The van der Waals surface area contributed by atoms with Gasteiger partial charge in [0, 0.05) is 17.7 Å². The smallest absolute Gasteiger partial charge is 0.159 e. The maximum Gasteiger partial charge on any atom is 0.159 e. The fourth-order valence-corrected chi connectivity index (χ4v) is 2.48. The number of ether oxygens (including phenoxy) is 2. The largest absolute Gasteiger partial charge is 0.497 e. The number of ketones is 1. The zero-order valence-electron chi connectivity index (χ0n) is 18.9. The zero-order chi connectivity index (χ0) is 22.6. The van der Waals surface area contributed by atoms with Crippen molar-refractivity contribution in [3.8, 4) is 5.75 Å². The van der Waals surface area contributed by atoms with Gasteiger partial charge in [-0.1, -0.05) is 42.8 Å². The average Bonchev–Trinajstić information content (AvgIpc) is 2.72. The van der Waals surface area contributed by atoms with E-state index in [1.165, 1.54) is 5.56 Å². The molecule has 0 spiro atoms. The Kier molecular flexibility index (Phi) is 11.4. The topological polar surface area (TPSA) is 47.9 Å². The van der Waals surface area contributed by atoms with E-state index in [1.807, 2.05) is 45.0 Å². The first-order valence-electron chi connectivity index (χ1n) is 10.2. The second-order valence-corrected chi connectivity index (χ2v) is 8.32. The van der Waals surface area contributed by atoms with Gasteiger partial charge in [0.05, 0.1) is 19.3 Å². The Labute approximate surface area is 186 Å². The SMILES string of the molecule is CCc1ccc(OC)cc1.C[C@@H](N=Cc1ccc(Cl)cc1)C(=O)CCOC(C)(C)C. The third kappa shape index (κ3) is 11.1. The molecule has 0 N–H and O–H groups in total. The van der Waals surface area contributed by atoms with Gasteiger partial charge in [-0.25, -0.2) is 0 Å². The first-order valence-corrected chi connectivity index (χ1v) is 10.6. The summed E-state index contributed by atoms with van der Waals surface area (Å²) in [5.41, 5.74) is 2.07. The number of aryl methyl sites for hydroxylation is 1. The molecule has 0 aliphatic carbocycles. The molecule has 2 rings (SSSR count). The molecule has 1 atom stereocenters. The number of carbonyl (C=O) groups excluding carboxylic acids is 1. The quantitative estimate of drug-likeness (QED) is 0.469. The van der Waals surface area contributed by atoms with Crippen molar-refractivity contribution in [3.05, 3.63) is 64.7 Å². The molecule has 2 aromatic carbocycles. The van der Waals surface area contributed by atoms with Crippen molar-refractivity contribution in [2.75, 3.05) is 13.7 Å². The first kappa shape index (κ1) is 25.9. The Morgan fingerprint density at radius 1 is 1.10 bits per heavy atom. The van der Waals surface area contributed by atoms with Crippen molar-refractivity contribution in [3.63, 3.8) is 0 Å². The maximum absolute atomic E-state index is 11.9. The van der Waals surface area contributed by atoms with Crippen LogP contribution in [0.3, 0.4) is 0 Å². The van der Waals surface area contributed by atoms with Crippen LogP contribution in [-0.4, -0.2) is 37.4 Å². The van der Waals surface area contributed by atoms with Crippen LogP contribution in [0.5, 0.6) is 5.75 Å². The molecule has 0 radical (unpaired) electrons. The lowest BCUT2D eigenvalue weighted by Gasteiger charge is -2.19. The van der Waals surface area contributed by atoms with E-state index >= 15 is 0 Å². The van der Waals surface area contributed by atoms with E-state index in [2.05, 4.69) is 24.0 Å². The number of halogens is 1. The maximum atomic E-state index is 11.9. The molecule has 0 unspecified atom stereocenters. The predicted molar refractivity (Wildman–Crippen MR) is 126 cm³/mol. The van der Waals surface area contributed by atoms with E-state index in [4.69, 9.17) is 21.1 Å². The lowest BCUT2D eigenvalue weighted by Crippen LogP contribution is -2.23. The molecule has 0 heterocycles. The highest BCUT2D eigenvalue weighted by Crippen LogP contribution is 2.11. The highest BCUT2D eigenvalue weighted by molar-refractivity contribution is 6.30. The number of methoxy groups -OCH3 is 1. The van der Waals surface area contributed by atoms with Crippen molar-refractivity contribution < 1.29 is 14.3 Å². The Morgan fingerprint density at radius 3 is 2.20 bits per heavy atom. The Morgan fingerprint density at radius 2 is 1.70 bits per heavy atom. The fraction of sp³-hybridized carbons (Fsp3) is 0.440. The fourth-order valence-electron chi connectivity index (χ4n) is 2.36. The van der Waals surface area contributed by atoms with E-state index < -0.39 is 0 Å². The Bertz CT molecular complexity index is 755. The van der Waals surface area contributed by atoms with Crippen LogP contribution < -0.4 is 4.74 Å². The van der Waals surface area contributed by atoms with Crippen LogP contribution in [0.25, 0.3) is 0 Å². The molecule has 30 heavy (non-hydrogen) atoms. The van der Waals surface area contributed by atoms with Gasteiger partial charge in [0.15, 0.2) is 5.78 Å². The molecule has 0 aromatic heterocycles. The summed E-state index contributed by atoms with van der Waals surface area (Å²) >= 11 is 5.81. The highest BCUT2D eigenvalue weighted by atomic mass is 35.5. The number of Topliss-reactive ketones (excluding diaryl/α,β-unsaturated/α-hetero) is 1. The molecule has 0 aliphatic rings. The molecule has 0 fully saturated rings. The van der Waals surface area contributed by atoms with Crippen molar-refractivity contribution in [2.24, 2.45) is 4.99 Å². The molecule has 4 nitrogen and oxygen atoms in total. The Balaban J connectivity index is 0.000000375. The lowest BCUT2D eigenvalue weighted by atomic mass is 10.1. The van der Waals surface area contributed by atoms with E-state index in [0.717, 1.165) is 17.7 Å². The summed E-state index contributed by atoms with van der Waals surface area (Å²) in [4.78, 5) is 16.2. The third-order valence-corrected chi connectivity index (χ3v) is 4.49. The zero-order valence-corrected chi connectivity index (χ0v) is 19.7. The average molecular weight is 432 g/mol. The summed E-state index contributed by atoms with van der Waals surface area (Å²) in [6, 6.07) is 15.1. The summed E-state index contributed by atoms with van der Waals surface area (Å²) in [6.07, 6.45) is 3.17. The number of hydrogen-bond donors (Lipinski definition) is 0. The van der Waals surface area contributed by atoms with Crippen LogP contribution >= 0.6 is 11.6 Å². The molecule has 164 valence electrons. The van der Waals surface area contributed by atoms with Gasteiger partial charge in [-0.3, -0.25) is 9.79 Å². The molecule has 0 bridgehead atoms. The third-order valence-electron chi connectivity index (χ3n) is 4.23. The number of aliphatic imine (C=N–C) groups is 1. The van der Waals surface area contributed by atoms with Gasteiger partial charge in [0.25, 0.3) is 0 Å². The van der Waals surface area contributed by atoms with Crippen molar-refractivity contribution in [1.82, 2.24) is 0 Å². The minimum atomic E-state index is -0.353. The normalized spacial score (nSPS) is 12.2. The van der Waals surface area contributed by atoms with Gasteiger partial charge in [-0.15, -0.1) is 0 Å². The minimum Gasteiger partial charge on any atom is -0.497 e. The van der Waals surface area contributed by atoms with Crippen LogP contribution in [0.15, 0.2) is 53.5 Å². The van der Waals surface area contributed by atoms with Crippen LogP contribution in [0, 0.1) is 0 Å². The number of benzene rings is 2. The van der Waals surface area contributed by atoms with Crippen LogP contribution in [0.4, 0.5) is 0 Å². The second kappa shape index (κ2) is 13.2. The molecule has 0 aliphatic heterocycles. The predicted octanol–water partition coefficient (Wildman–Crippen LogP) is 6.18. The van der Waals surface area contributed by atoms with Gasteiger partial charge in [-0.2, -0.15) is 0 Å². The van der Waals surface area contributed by atoms with Crippen molar-refractivity contribution in [1.29, 1.82) is 0 Å². The molecular weight excluding hydrogens is 398 g/mol. The van der Waals surface area contributed by atoms with Gasteiger partial charge >= 0.3 is 0 Å². The molecular formula is C25H34ClNO3. The van der Waals surface area contributed by atoms with Crippen molar-refractivity contribution >= 4 is 23.6 Å². The summed E-state index contributed by atoms with van der Waals surface area (Å²) < 4.78 is 10.6. The van der Waals surface area contributed by atoms with Gasteiger partial charge in [-0.05, 0) is 69.5 Å². The Hall–Kier alpha value is -2.17. The number of rotatable bonds is 8. The summed E-state index contributed by atoms with van der Waals surface area (Å²) in [5, 5.41) is 0.686. The lowest BCUT2D eigenvalue weighted by molar-refractivity contribution is -0.122. The first-order chi connectivity index (χ1) is 14.1. The molecule has 0 saturated carbocycles. The molecule has 2 aromatic rings. The van der Waals surface area contributed by atoms with Crippen LogP contribution in [0.2, 0.25) is 5.02 Å². The van der Waals surface area contributed by atoms with E-state index in [0.29, 0.717) is 18.1 Å². The van der Waals surface area contributed by atoms with Gasteiger partial charge < -0.3 is 9.47 Å². The minimum absolute atomic E-state index is 0.0828. The number of nitrogens with zero attached hydrogens (tertiary/aromatic N) is 1. The van der Waals surface area contributed by atoms with E-state index in [1.54, 1.807) is 32.4 Å². The molecule has 0 amide bonds. The van der Waals surface area contributed by atoms with Crippen molar-refractivity contribution in [2.45, 2.75) is 59.1 Å². The summed E-state index contributed by atoms with van der Waals surface area (Å²) in [7, 11) is 1.68. The second-order valence-electron chi connectivity index (χ2n) is 7.88. The highest BCUT2D eigenvalue weighted by Gasteiger charge is 2.14. The molecule has 0 saturated heterocycles. The van der Waals surface area contributed by atoms with E-state index in [-0.39, 0.29) is 17.4 Å². The number of carbonyl (C=O) groups is 1.